The molecule has 0 amide bonds. The lowest BCUT2D eigenvalue weighted by molar-refractivity contribution is -0.401. The van der Waals surface area contributed by atoms with E-state index in [-0.39, 0.29) is 10.8 Å². The van der Waals surface area contributed by atoms with Gasteiger partial charge >= 0.3 is 0 Å². The third-order valence-corrected chi connectivity index (χ3v) is 6.61. The summed E-state index contributed by atoms with van der Waals surface area (Å²) in [4.78, 5) is 2.37. The Morgan fingerprint density at radius 1 is 1.00 bits per heavy atom. The Morgan fingerprint density at radius 2 is 1.70 bits per heavy atom. The fourth-order valence-electron chi connectivity index (χ4n) is 5.09. The van der Waals surface area contributed by atoms with Gasteiger partial charge < -0.3 is 4.90 Å². The first kappa shape index (κ1) is 18.0. The van der Waals surface area contributed by atoms with E-state index in [0.717, 1.165) is 12.8 Å². The topological polar surface area (TPSA) is 6.25 Å². The predicted octanol–water partition coefficient (Wildman–Crippen LogP) is 5.71. The van der Waals surface area contributed by atoms with Gasteiger partial charge in [0.05, 0.1) is 5.41 Å². The van der Waals surface area contributed by atoms with Crippen LogP contribution in [0, 0.1) is 5.41 Å². The molecule has 140 valence electrons. The van der Waals surface area contributed by atoms with E-state index in [0.29, 0.717) is 0 Å². The summed E-state index contributed by atoms with van der Waals surface area (Å²) in [5, 5.41) is 0. The van der Waals surface area contributed by atoms with E-state index in [2.05, 4.69) is 106 Å². The Bertz CT molecular complexity index is 948. The molecule has 0 spiro atoms. The van der Waals surface area contributed by atoms with Gasteiger partial charge in [-0.3, -0.25) is 0 Å². The van der Waals surface area contributed by atoms with E-state index in [1.165, 1.54) is 33.9 Å². The molecule has 27 heavy (non-hydrogen) atoms. The van der Waals surface area contributed by atoms with Gasteiger partial charge in [0.15, 0.2) is 5.71 Å². The fraction of sp³-hybridized carbons (Fsp3) is 0.400. The lowest BCUT2D eigenvalue weighted by Gasteiger charge is -2.22. The number of hydrogen-bond acceptors (Lipinski definition) is 1. The average molecular weight is 360 g/mol. The minimum Gasteiger partial charge on any atom is -0.347 e. The molecule has 1 fully saturated rings. The zero-order chi connectivity index (χ0) is 19.4. The van der Waals surface area contributed by atoms with Gasteiger partial charge in [-0.1, -0.05) is 50.3 Å². The van der Waals surface area contributed by atoms with E-state index in [4.69, 9.17) is 0 Å². The Labute approximate surface area is 163 Å². The summed E-state index contributed by atoms with van der Waals surface area (Å²) in [6, 6.07) is 8.73. The molecule has 0 aromatic heterocycles. The maximum atomic E-state index is 2.43. The van der Waals surface area contributed by atoms with Crippen molar-refractivity contribution in [3.63, 3.8) is 0 Å². The van der Waals surface area contributed by atoms with Gasteiger partial charge in [-0.05, 0) is 38.3 Å². The fourth-order valence-corrected chi connectivity index (χ4v) is 5.09. The Kier molecular flexibility index (Phi) is 4.06. The second-order valence-corrected chi connectivity index (χ2v) is 8.97. The van der Waals surface area contributed by atoms with Crippen LogP contribution < -0.4 is 0 Å². The largest absolute Gasteiger partial charge is 0.347 e. The van der Waals surface area contributed by atoms with Gasteiger partial charge in [0.25, 0.3) is 0 Å². The van der Waals surface area contributed by atoms with Crippen LogP contribution in [0.15, 0.2) is 71.6 Å². The number of nitrogens with zero attached hydrogens (tertiary/aromatic N) is 2. The van der Waals surface area contributed by atoms with E-state index in [1.807, 2.05) is 0 Å². The highest BCUT2D eigenvalue weighted by Crippen LogP contribution is 2.50. The summed E-state index contributed by atoms with van der Waals surface area (Å²) in [7, 11) is 4.38. The molecule has 0 atom stereocenters. The first-order valence-corrected chi connectivity index (χ1v) is 10.0. The van der Waals surface area contributed by atoms with E-state index in [9.17, 15) is 0 Å². The molecule has 1 saturated heterocycles. The molecule has 1 aromatic carbocycles. The van der Waals surface area contributed by atoms with E-state index in [1.54, 1.807) is 0 Å². The summed E-state index contributed by atoms with van der Waals surface area (Å²) in [6.45, 7) is 9.32. The molecule has 1 aliphatic carbocycles. The summed E-state index contributed by atoms with van der Waals surface area (Å²) >= 11 is 0. The summed E-state index contributed by atoms with van der Waals surface area (Å²) in [5.41, 5.74) is 8.39. The van der Waals surface area contributed by atoms with Crippen LogP contribution in [0.2, 0.25) is 0 Å². The predicted molar refractivity (Wildman–Crippen MR) is 114 cm³/mol. The minimum atomic E-state index is 0.0243. The standard InChI is InChI=1S/C25H31N2/c1-24(2)18-12-7-9-14-20(18)26(5)22(24)16-11-17-23-25(3,4)19-13-8-10-15-21(19)27(23)6/h7,9,11-17H,8,10H2,1-6H3/q+1. The van der Waals surface area contributed by atoms with Crippen molar-refractivity contribution >= 4 is 11.4 Å². The number of hydrogen-bond donors (Lipinski definition) is 0. The van der Waals surface area contributed by atoms with Crippen LogP contribution in [-0.2, 0) is 5.41 Å². The number of fused-ring (bicyclic) bond motifs is 2. The first-order valence-electron chi connectivity index (χ1n) is 10.0. The van der Waals surface area contributed by atoms with Crippen LogP contribution in [0.1, 0.15) is 46.1 Å². The monoisotopic (exact) mass is 359 g/mol. The smallest absolute Gasteiger partial charge is 0.209 e. The van der Waals surface area contributed by atoms with Gasteiger partial charge in [-0.25, -0.2) is 0 Å². The first-order chi connectivity index (χ1) is 12.8. The molecular formula is C25H31N2+. The normalized spacial score (nSPS) is 24.4. The Balaban J connectivity index is 1.70. The highest BCUT2D eigenvalue weighted by atomic mass is 15.2. The molecule has 2 heterocycles. The van der Waals surface area contributed by atoms with Gasteiger partial charge in [0.2, 0.25) is 5.69 Å². The minimum absolute atomic E-state index is 0.0243. The maximum Gasteiger partial charge on any atom is 0.209 e. The number of benzene rings is 1. The molecule has 2 aliphatic heterocycles. The number of likely N-dealkylation sites (tertiary alicyclic amines) is 1. The van der Waals surface area contributed by atoms with Crippen LogP contribution in [0.5, 0.6) is 0 Å². The number of para-hydroxylation sites is 1. The maximum absolute atomic E-state index is 2.43. The lowest BCUT2D eigenvalue weighted by Crippen LogP contribution is -2.26. The van der Waals surface area contributed by atoms with E-state index >= 15 is 0 Å². The van der Waals surface area contributed by atoms with E-state index < -0.39 is 0 Å². The third-order valence-electron chi connectivity index (χ3n) is 6.61. The van der Waals surface area contributed by atoms with Crippen molar-refractivity contribution in [3.8, 4) is 0 Å². The molecule has 0 saturated carbocycles. The van der Waals surface area contributed by atoms with Gasteiger partial charge in [0, 0.05) is 41.6 Å². The second-order valence-electron chi connectivity index (χ2n) is 8.97. The van der Waals surface area contributed by atoms with Crippen LogP contribution in [0.25, 0.3) is 0 Å². The van der Waals surface area contributed by atoms with Crippen molar-refractivity contribution in [2.75, 3.05) is 14.1 Å². The lowest BCUT2D eigenvalue weighted by atomic mass is 9.80. The number of likely N-dealkylation sites (N-methyl/N-ethyl adjacent to an activating group) is 1. The summed E-state index contributed by atoms with van der Waals surface area (Å²) in [6.07, 6.45) is 14.0. The second kappa shape index (κ2) is 6.09. The SMILES string of the molecule is CN1C2=CCCC=C2C(C)(C)C1=CC=CC1=[N+](C)c2ccccc2C1(C)C. The molecule has 2 nitrogen and oxygen atoms in total. The van der Waals surface area contributed by atoms with Crippen molar-refractivity contribution in [3.05, 3.63) is 77.2 Å². The van der Waals surface area contributed by atoms with Gasteiger partial charge in [-0.2, -0.15) is 4.58 Å². The molecule has 0 radical (unpaired) electrons. The Morgan fingerprint density at radius 3 is 2.41 bits per heavy atom. The van der Waals surface area contributed by atoms with Crippen LogP contribution >= 0.6 is 0 Å². The molecule has 0 unspecified atom stereocenters. The third kappa shape index (κ3) is 2.57. The molecular weight excluding hydrogens is 328 g/mol. The van der Waals surface area contributed by atoms with Crippen molar-refractivity contribution in [1.82, 2.24) is 4.90 Å². The van der Waals surface area contributed by atoms with Crippen LogP contribution in [-0.4, -0.2) is 29.3 Å². The van der Waals surface area contributed by atoms with Crippen molar-refractivity contribution in [1.29, 1.82) is 0 Å². The molecule has 2 heteroatoms. The zero-order valence-corrected chi connectivity index (χ0v) is 17.5. The number of rotatable bonds is 2. The van der Waals surface area contributed by atoms with Gasteiger partial charge in [0.1, 0.15) is 7.05 Å². The zero-order valence-electron chi connectivity index (χ0n) is 17.5. The molecule has 1 aromatic rings. The van der Waals surface area contributed by atoms with Crippen molar-refractivity contribution in [2.45, 2.75) is 46.0 Å². The average Bonchev–Trinajstić information content (AvgIpc) is 2.96. The highest BCUT2D eigenvalue weighted by Gasteiger charge is 2.43. The molecule has 0 bridgehead atoms. The van der Waals surface area contributed by atoms with Gasteiger partial charge in [-0.15, -0.1) is 0 Å². The quantitative estimate of drug-likeness (QED) is 0.613. The summed E-state index contributed by atoms with van der Waals surface area (Å²) < 4.78 is 2.33. The molecule has 0 N–H and O–H groups in total. The van der Waals surface area contributed by atoms with Crippen LogP contribution in [0.4, 0.5) is 5.69 Å². The Hall–Kier alpha value is -2.35. The highest BCUT2D eigenvalue weighted by molar-refractivity contribution is 6.03. The summed E-state index contributed by atoms with van der Waals surface area (Å²) in [5.74, 6) is 0. The number of allylic oxidation sites excluding steroid dienone is 7. The van der Waals surface area contributed by atoms with Crippen molar-refractivity contribution < 1.29 is 4.58 Å². The van der Waals surface area contributed by atoms with Crippen LogP contribution in [0.3, 0.4) is 0 Å². The molecule has 4 rings (SSSR count). The van der Waals surface area contributed by atoms with Crippen molar-refractivity contribution in [2.24, 2.45) is 5.41 Å². The molecule has 3 aliphatic rings.